The van der Waals surface area contributed by atoms with E-state index in [1.807, 2.05) is 15.8 Å². The molecule has 1 amide bonds. The largest absolute Gasteiger partial charge is 0.336 e. The predicted molar refractivity (Wildman–Crippen MR) is 93.4 cm³/mol. The number of aromatic nitrogens is 7. The minimum atomic E-state index is -0.134. The van der Waals surface area contributed by atoms with Gasteiger partial charge in [-0.05, 0) is 31.2 Å². The molecule has 4 rings (SSSR count). The molecule has 4 heterocycles. The third-order valence-corrected chi connectivity index (χ3v) is 4.65. The molecular formula is C17H22N8O. The van der Waals surface area contributed by atoms with Crippen molar-refractivity contribution in [3.63, 3.8) is 0 Å². The maximum absolute atomic E-state index is 12.8. The van der Waals surface area contributed by atoms with Crippen molar-refractivity contribution in [3.05, 3.63) is 36.2 Å². The number of carbonyl (C=O) groups excluding carboxylic acids is 1. The van der Waals surface area contributed by atoms with Crippen LogP contribution in [0.5, 0.6) is 0 Å². The van der Waals surface area contributed by atoms with Crippen molar-refractivity contribution in [2.24, 2.45) is 5.92 Å². The highest BCUT2D eigenvalue weighted by Crippen LogP contribution is 2.19. The third-order valence-electron chi connectivity index (χ3n) is 4.65. The van der Waals surface area contributed by atoms with Gasteiger partial charge in [-0.3, -0.25) is 9.48 Å². The lowest BCUT2D eigenvalue weighted by atomic mass is 9.98. The summed E-state index contributed by atoms with van der Waals surface area (Å²) in [6.07, 6.45) is 9.45. The van der Waals surface area contributed by atoms with E-state index in [0.717, 1.165) is 44.5 Å². The number of carbonyl (C=O) groups is 1. The predicted octanol–water partition coefficient (Wildman–Crippen LogP) is 1.22. The number of aryl methyl sites for hydroxylation is 1. The minimum Gasteiger partial charge on any atom is -0.336 e. The van der Waals surface area contributed by atoms with Crippen LogP contribution in [0.4, 0.5) is 0 Å². The molecule has 3 aromatic rings. The number of hydrogen-bond acceptors (Lipinski definition) is 6. The number of fused-ring (bicyclic) bond motifs is 1. The van der Waals surface area contributed by atoms with Gasteiger partial charge >= 0.3 is 0 Å². The molecule has 1 fully saturated rings. The van der Waals surface area contributed by atoms with Crippen LogP contribution in [0.1, 0.15) is 42.5 Å². The molecule has 9 heteroatoms. The highest BCUT2D eigenvalue weighted by molar-refractivity contribution is 5.90. The van der Waals surface area contributed by atoms with Gasteiger partial charge in [0.15, 0.2) is 0 Å². The Balaban J connectivity index is 1.43. The van der Waals surface area contributed by atoms with Gasteiger partial charge in [0.2, 0.25) is 5.82 Å². The molecule has 0 radical (unpaired) electrons. The maximum atomic E-state index is 12.8. The average molecular weight is 354 g/mol. The molecule has 9 nitrogen and oxygen atoms in total. The SMILES string of the molecule is CCCc1cn(CC2CCCN(C(=O)c3nc4ncccn4n3)C2)nn1. The highest BCUT2D eigenvalue weighted by atomic mass is 16.2. The Morgan fingerprint density at radius 2 is 2.31 bits per heavy atom. The normalized spacial score (nSPS) is 17.7. The molecule has 136 valence electrons. The summed E-state index contributed by atoms with van der Waals surface area (Å²) in [5.74, 6) is 0.871. The van der Waals surface area contributed by atoms with Crippen LogP contribution >= 0.6 is 0 Å². The number of piperidine rings is 1. The first-order valence-electron chi connectivity index (χ1n) is 9.08. The molecule has 1 aliphatic heterocycles. The van der Waals surface area contributed by atoms with Crippen LogP contribution in [0.15, 0.2) is 24.7 Å². The molecular weight excluding hydrogens is 332 g/mol. The van der Waals surface area contributed by atoms with Crippen molar-refractivity contribution in [1.29, 1.82) is 0 Å². The number of likely N-dealkylation sites (tertiary alicyclic amines) is 1. The maximum Gasteiger partial charge on any atom is 0.293 e. The monoisotopic (exact) mass is 354 g/mol. The summed E-state index contributed by atoms with van der Waals surface area (Å²) in [6, 6.07) is 1.76. The standard InChI is InChI=1S/C17H22N8O/c1-2-5-14-12-24(22-20-14)11-13-6-3-8-23(10-13)16(26)15-19-17-18-7-4-9-25(17)21-15/h4,7,9,12-13H,2-3,5-6,8,10-11H2,1H3. The van der Waals surface area contributed by atoms with E-state index < -0.39 is 0 Å². The first kappa shape index (κ1) is 16.6. The summed E-state index contributed by atoms with van der Waals surface area (Å²) in [4.78, 5) is 23.0. The fraction of sp³-hybridized carbons (Fsp3) is 0.529. The average Bonchev–Trinajstić information content (AvgIpc) is 3.28. The molecule has 1 aliphatic rings. The van der Waals surface area contributed by atoms with Crippen LogP contribution in [-0.2, 0) is 13.0 Å². The molecule has 0 aromatic carbocycles. The van der Waals surface area contributed by atoms with Gasteiger partial charge in [-0.25, -0.2) is 9.50 Å². The van der Waals surface area contributed by atoms with E-state index in [1.54, 1.807) is 18.5 Å². The molecule has 0 saturated carbocycles. The Morgan fingerprint density at radius 3 is 3.15 bits per heavy atom. The summed E-state index contributed by atoms with van der Waals surface area (Å²) in [7, 11) is 0. The van der Waals surface area contributed by atoms with E-state index in [9.17, 15) is 4.79 Å². The van der Waals surface area contributed by atoms with Gasteiger partial charge in [0.25, 0.3) is 11.7 Å². The van der Waals surface area contributed by atoms with Crippen molar-refractivity contribution >= 4 is 11.7 Å². The summed E-state index contributed by atoms with van der Waals surface area (Å²) >= 11 is 0. The van der Waals surface area contributed by atoms with Gasteiger partial charge in [0.05, 0.1) is 5.69 Å². The third kappa shape index (κ3) is 3.42. The van der Waals surface area contributed by atoms with E-state index in [0.29, 0.717) is 18.2 Å². The quantitative estimate of drug-likeness (QED) is 0.684. The second-order valence-electron chi connectivity index (χ2n) is 6.74. The highest BCUT2D eigenvalue weighted by Gasteiger charge is 2.27. The molecule has 0 aliphatic carbocycles. The first-order chi connectivity index (χ1) is 12.7. The lowest BCUT2D eigenvalue weighted by Gasteiger charge is -2.31. The Morgan fingerprint density at radius 1 is 1.38 bits per heavy atom. The number of nitrogens with zero attached hydrogens (tertiary/aromatic N) is 8. The van der Waals surface area contributed by atoms with Gasteiger partial charge < -0.3 is 4.90 Å². The van der Waals surface area contributed by atoms with Crippen molar-refractivity contribution in [2.45, 2.75) is 39.2 Å². The van der Waals surface area contributed by atoms with Crippen LogP contribution in [-0.4, -0.2) is 58.5 Å². The van der Waals surface area contributed by atoms with E-state index in [2.05, 4.69) is 32.3 Å². The van der Waals surface area contributed by atoms with E-state index >= 15 is 0 Å². The number of rotatable bonds is 5. The fourth-order valence-corrected chi connectivity index (χ4v) is 3.43. The molecule has 0 bridgehead atoms. The minimum absolute atomic E-state index is 0.134. The van der Waals surface area contributed by atoms with Crippen LogP contribution in [0, 0.1) is 5.92 Å². The Labute approximate surface area is 151 Å². The Bertz CT molecular complexity index is 868. The number of hydrogen-bond donors (Lipinski definition) is 0. The molecule has 1 atom stereocenters. The van der Waals surface area contributed by atoms with Gasteiger partial charge in [-0.2, -0.15) is 4.98 Å². The summed E-state index contributed by atoms with van der Waals surface area (Å²) in [6.45, 7) is 4.33. The van der Waals surface area contributed by atoms with E-state index in [4.69, 9.17) is 0 Å². The topological polar surface area (TPSA) is 94.1 Å². The molecule has 0 spiro atoms. The van der Waals surface area contributed by atoms with Gasteiger partial charge in [0.1, 0.15) is 0 Å². The molecule has 1 saturated heterocycles. The van der Waals surface area contributed by atoms with Crippen LogP contribution < -0.4 is 0 Å². The van der Waals surface area contributed by atoms with Crippen molar-refractivity contribution in [1.82, 2.24) is 39.5 Å². The van der Waals surface area contributed by atoms with Gasteiger partial charge in [-0.15, -0.1) is 10.2 Å². The lowest BCUT2D eigenvalue weighted by molar-refractivity contribution is 0.0647. The summed E-state index contributed by atoms with van der Waals surface area (Å²) in [5.41, 5.74) is 1.03. The van der Waals surface area contributed by atoms with Gasteiger partial charge in [0, 0.05) is 38.2 Å². The smallest absolute Gasteiger partial charge is 0.293 e. The van der Waals surface area contributed by atoms with E-state index in [-0.39, 0.29) is 11.7 Å². The molecule has 26 heavy (non-hydrogen) atoms. The molecule has 3 aromatic heterocycles. The van der Waals surface area contributed by atoms with Crippen molar-refractivity contribution < 1.29 is 4.79 Å². The zero-order valence-electron chi connectivity index (χ0n) is 14.8. The second kappa shape index (κ2) is 7.19. The zero-order chi connectivity index (χ0) is 17.9. The van der Waals surface area contributed by atoms with Crippen molar-refractivity contribution in [3.8, 4) is 0 Å². The Hall–Kier alpha value is -2.84. The molecule has 0 N–H and O–H groups in total. The van der Waals surface area contributed by atoms with Crippen molar-refractivity contribution in [2.75, 3.05) is 13.1 Å². The second-order valence-corrected chi connectivity index (χ2v) is 6.74. The zero-order valence-corrected chi connectivity index (χ0v) is 14.8. The summed E-state index contributed by atoms with van der Waals surface area (Å²) in [5, 5.41) is 12.7. The lowest BCUT2D eigenvalue weighted by Crippen LogP contribution is -2.41. The fourth-order valence-electron chi connectivity index (χ4n) is 3.43. The number of amides is 1. The molecule has 1 unspecified atom stereocenters. The first-order valence-corrected chi connectivity index (χ1v) is 9.08. The van der Waals surface area contributed by atoms with Crippen LogP contribution in [0.25, 0.3) is 5.78 Å². The van der Waals surface area contributed by atoms with E-state index in [1.165, 1.54) is 4.52 Å². The van der Waals surface area contributed by atoms with Gasteiger partial charge in [-0.1, -0.05) is 18.6 Å². The van der Waals surface area contributed by atoms with Crippen LogP contribution in [0.2, 0.25) is 0 Å². The summed E-state index contributed by atoms with van der Waals surface area (Å²) < 4.78 is 3.43. The van der Waals surface area contributed by atoms with Crippen LogP contribution in [0.3, 0.4) is 0 Å². The Kier molecular flexibility index (Phi) is 4.59.